The molecule has 2 N–H and O–H groups in total. The van der Waals surface area contributed by atoms with Crippen molar-refractivity contribution >= 4 is 17.3 Å². The fraction of sp³-hybridized carbons (Fsp3) is 0.417. The summed E-state index contributed by atoms with van der Waals surface area (Å²) in [5.74, 6) is -0.344. The van der Waals surface area contributed by atoms with E-state index in [2.05, 4.69) is 10.6 Å². The van der Waals surface area contributed by atoms with Gasteiger partial charge in [0, 0.05) is 31.8 Å². The first-order valence-corrected chi connectivity index (χ1v) is 5.85. The van der Waals surface area contributed by atoms with E-state index in [0.29, 0.717) is 12.2 Å². The lowest BCUT2D eigenvalue weighted by Gasteiger charge is -2.12. The molecule has 0 saturated heterocycles. The highest BCUT2D eigenvalue weighted by atomic mass is 16.6. The number of nitrogens with one attached hydrogen (secondary N) is 2. The smallest absolute Gasteiger partial charge is 0.293 e. The zero-order valence-corrected chi connectivity index (χ0v) is 11.3. The van der Waals surface area contributed by atoms with Crippen LogP contribution in [0.15, 0.2) is 18.2 Å². The molecular formula is C12H18N4O3. The number of carbonyl (C=O) groups excluding carboxylic acids is 1. The second-order valence-corrected chi connectivity index (χ2v) is 4.30. The molecule has 0 aromatic heterocycles. The van der Waals surface area contributed by atoms with E-state index in [1.165, 1.54) is 13.1 Å². The van der Waals surface area contributed by atoms with Crippen LogP contribution in [0.25, 0.3) is 0 Å². The molecular weight excluding hydrogens is 248 g/mol. The Morgan fingerprint density at radius 1 is 1.42 bits per heavy atom. The van der Waals surface area contributed by atoms with Gasteiger partial charge < -0.3 is 15.5 Å². The standard InChI is InChI=1S/C12H18N4O3/c1-13-12(17)9-4-5-10(11(8-9)16(18)19)14-6-7-15(2)3/h4-5,8,14H,6-7H2,1-3H3,(H,13,17). The van der Waals surface area contributed by atoms with Crippen LogP contribution >= 0.6 is 0 Å². The quantitative estimate of drug-likeness (QED) is 0.590. The molecule has 1 amide bonds. The third-order valence-corrected chi connectivity index (χ3v) is 2.56. The molecule has 104 valence electrons. The van der Waals surface area contributed by atoms with Gasteiger partial charge in [-0.15, -0.1) is 0 Å². The van der Waals surface area contributed by atoms with E-state index in [-0.39, 0.29) is 17.2 Å². The van der Waals surface area contributed by atoms with Gasteiger partial charge in [-0.2, -0.15) is 0 Å². The summed E-state index contributed by atoms with van der Waals surface area (Å²) in [4.78, 5) is 23.9. The van der Waals surface area contributed by atoms with Gasteiger partial charge in [0.05, 0.1) is 4.92 Å². The Balaban J connectivity index is 2.92. The lowest BCUT2D eigenvalue weighted by Crippen LogP contribution is -2.21. The Morgan fingerprint density at radius 3 is 2.63 bits per heavy atom. The molecule has 0 atom stereocenters. The van der Waals surface area contributed by atoms with E-state index in [1.807, 2.05) is 19.0 Å². The van der Waals surface area contributed by atoms with Crippen LogP contribution in [0.5, 0.6) is 0 Å². The van der Waals surface area contributed by atoms with Crippen LogP contribution in [0.3, 0.4) is 0 Å². The molecule has 0 aliphatic heterocycles. The van der Waals surface area contributed by atoms with Crippen LogP contribution in [0.4, 0.5) is 11.4 Å². The normalized spacial score (nSPS) is 10.3. The monoisotopic (exact) mass is 266 g/mol. The maximum atomic E-state index is 11.4. The fourth-order valence-corrected chi connectivity index (χ4v) is 1.53. The molecule has 0 spiro atoms. The van der Waals surface area contributed by atoms with Crippen molar-refractivity contribution in [1.29, 1.82) is 0 Å². The van der Waals surface area contributed by atoms with Crippen LogP contribution in [-0.2, 0) is 0 Å². The molecule has 19 heavy (non-hydrogen) atoms. The average molecular weight is 266 g/mol. The lowest BCUT2D eigenvalue weighted by molar-refractivity contribution is -0.384. The highest BCUT2D eigenvalue weighted by Gasteiger charge is 2.16. The summed E-state index contributed by atoms with van der Waals surface area (Å²) < 4.78 is 0. The predicted molar refractivity (Wildman–Crippen MR) is 73.5 cm³/mol. The number of rotatable bonds is 6. The van der Waals surface area contributed by atoms with E-state index in [1.54, 1.807) is 12.1 Å². The Labute approximate surface area is 111 Å². The summed E-state index contributed by atoms with van der Waals surface area (Å²) >= 11 is 0. The van der Waals surface area contributed by atoms with Crippen molar-refractivity contribution in [1.82, 2.24) is 10.2 Å². The molecule has 0 aliphatic rings. The molecule has 0 saturated carbocycles. The van der Waals surface area contributed by atoms with Crippen molar-refractivity contribution in [2.75, 3.05) is 39.5 Å². The number of benzene rings is 1. The zero-order valence-electron chi connectivity index (χ0n) is 11.3. The molecule has 0 aliphatic carbocycles. The van der Waals surface area contributed by atoms with Gasteiger partial charge in [-0.1, -0.05) is 0 Å². The van der Waals surface area contributed by atoms with E-state index in [9.17, 15) is 14.9 Å². The second kappa shape index (κ2) is 6.69. The highest BCUT2D eigenvalue weighted by Crippen LogP contribution is 2.25. The molecule has 0 fully saturated rings. The number of hydrogen-bond donors (Lipinski definition) is 2. The number of nitro benzene ring substituents is 1. The number of likely N-dealkylation sites (N-methyl/N-ethyl adjacent to an activating group) is 1. The minimum absolute atomic E-state index is 0.0974. The van der Waals surface area contributed by atoms with E-state index in [4.69, 9.17) is 0 Å². The number of anilines is 1. The Kier molecular flexibility index (Phi) is 5.25. The van der Waals surface area contributed by atoms with Gasteiger partial charge >= 0.3 is 0 Å². The summed E-state index contributed by atoms with van der Waals surface area (Å²) in [6.07, 6.45) is 0. The predicted octanol–water partition coefficient (Wildman–Crippen LogP) is 0.928. The minimum Gasteiger partial charge on any atom is -0.378 e. The molecule has 0 bridgehead atoms. The van der Waals surface area contributed by atoms with Crippen LogP contribution < -0.4 is 10.6 Å². The van der Waals surface area contributed by atoms with Crippen molar-refractivity contribution < 1.29 is 9.72 Å². The Hall–Kier alpha value is -2.15. The number of carbonyl (C=O) groups is 1. The van der Waals surface area contributed by atoms with Crippen LogP contribution in [-0.4, -0.2) is 50.0 Å². The van der Waals surface area contributed by atoms with Crippen molar-refractivity contribution in [2.24, 2.45) is 0 Å². The van der Waals surface area contributed by atoms with Crippen LogP contribution in [0, 0.1) is 10.1 Å². The van der Waals surface area contributed by atoms with E-state index < -0.39 is 4.92 Å². The molecule has 7 heteroatoms. The Bertz CT molecular complexity index is 474. The molecule has 1 rings (SSSR count). The van der Waals surface area contributed by atoms with Gasteiger partial charge in [0.25, 0.3) is 11.6 Å². The highest BCUT2D eigenvalue weighted by molar-refractivity contribution is 5.95. The second-order valence-electron chi connectivity index (χ2n) is 4.30. The fourth-order valence-electron chi connectivity index (χ4n) is 1.53. The van der Waals surface area contributed by atoms with E-state index in [0.717, 1.165) is 6.54 Å². The zero-order chi connectivity index (χ0) is 14.4. The third kappa shape index (κ3) is 4.22. The van der Waals surface area contributed by atoms with Crippen molar-refractivity contribution in [3.63, 3.8) is 0 Å². The van der Waals surface area contributed by atoms with Crippen LogP contribution in [0.1, 0.15) is 10.4 Å². The van der Waals surface area contributed by atoms with Gasteiger partial charge in [-0.3, -0.25) is 14.9 Å². The van der Waals surface area contributed by atoms with Gasteiger partial charge in [-0.05, 0) is 26.2 Å². The molecule has 0 radical (unpaired) electrons. The van der Waals surface area contributed by atoms with E-state index >= 15 is 0 Å². The molecule has 0 unspecified atom stereocenters. The van der Waals surface area contributed by atoms with Crippen molar-refractivity contribution in [3.8, 4) is 0 Å². The first-order chi connectivity index (χ1) is 8.95. The summed E-state index contributed by atoms with van der Waals surface area (Å²) in [6, 6.07) is 4.39. The number of nitro groups is 1. The lowest BCUT2D eigenvalue weighted by atomic mass is 10.1. The largest absolute Gasteiger partial charge is 0.378 e. The van der Waals surface area contributed by atoms with Crippen molar-refractivity contribution in [3.05, 3.63) is 33.9 Å². The maximum Gasteiger partial charge on any atom is 0.293 e. The van der Waals surface area contributed by atoms with Crippen molar-refractivity contribution in [2.45, 2.75) is 0 Å². The summed E-state index contributed by atoms with van der Waals surface area (Å²) in [5.41, 5.74) is 0.590. The SMILES string of the molecule is CNC(=O)c1ccc(NCCN(C)C)c([N+](=O)[O-])c1. The maximum absolute atomic E-state index is 11.4. The van der Waals surface area contributed by atoms with Gasteiger partial charge in [0.1, 0.15) is 5.69 Å². The minimum atomic E-state index is -0.496. The molecule has 7 nitrogen and oxygen atoms in total. The van der Waals surface area contributed by atoms with Gasteiger partial charge in [-0.25, -0.2) is 0 Å². The van der Waals surface area contributed by atoms with Crippen LogP contribution in [0.2, 0.25) is 0 Å². The first-order valence-electron chi connectivity index (χ1n) is 5.85. The average Bonchev–Trinajstić information content (AvgIpc) is 2.37. The molecule has 1 aromatic carbocycles. The molecule has 1 aromatic rings. The van der Waals surface area contributed by atoms with Gasteiger partial charge in [0.2, 0.25) is 0 Å². The third-order valence-electron chi connectivity index (χ3n) is 2.56. The number of amides is 1. The number of hydrogen-bond acceptors (Lipinski definition) is 5. The summed E-state index contributed by atoms with van der Waals surface area (Å²) in [6.45, 7) is 1.35. The summed E-state index contributed by atoms with van der Waals surface area (Å²) in [7, 11) is 5.33. The van der Waals surface area contributed by atoms with Gasteiger partial charge in [0.15, 0.2) is 0 Å². The summed E-state index contributed by atoms with van der Waals surface area (Å²) in [5, 5.41) is 16.4. The topological polar surface area (TPSA) is 87.5 Å². The Morgan fingerprint density at radius 2 is 2.11 bits per heavy atom. The number of nitrogens with zero attached hydrogens (tertiary/aromatic N) is 2. The first kappa shape index (κ1) is 14.9. The molecule has 0 heterocycles.